The number of nitrogens with zero attached hydrogens (tertiary/aromatic N) is 2. The van der Waals surface area contributed by atoms with E-state index in [0.29, 0.717) is 22.1 Å². The number of rotatable bonds is 5. The lowest BCUT2D eigenvalue weighted by molar-refractivity contribution is 0.415. The molecule has 0 radical (unpaired) electrons. The maximum absolute atomic E-state index is 14.0. The molecule has 0 atom stereocenters. The SMILES string of the molecule is COc1ccc(Nc2nc(Nc3cccc(O)c3)ncc2F)cc1Cl. The van der Waals surface area contributed by atoms with Crippen molar-refractivity contribution < 1.29 is 14.2 Å². The largest absolute Gasteiger partial charge is 0.508 e. The number of phenols is 1. The van der Waals surface area contributed by atoms with Gasteiger partial charge in [0.25, 0.3) is 0 Å². The van der Waals surface area contributed by atoms with Crippen LogP contribution in [0.5, 0.6) is 11.5 Å². The minimum Gasteiger partial charge on any atom is -0.508 e. The standard InChI is InChI=1S/C17H14ClFN4O2/c1-25-15-6-5-11(8-13(15)18)21-16-14(19)9-20-17(23-16)22-10-3-2-4-12(24)7-10/h2-9,24H,1H3,(H2,20,21,22,23). The number of aromatic nitrogens is 2. The van der Waals surface area contributed by atoms with E-state index in [1.165, 1.54) is 19.2 Å². The first-order valence-corrected chi connectivity index (χ1v) is 7.62. The van der Waals surface area contributed by atoms with Gasteiger partial charge in [-0.1, -0.05) is 17.7 Å². The van der Waals surface area contributed by atoms with Crippen LogP contribution in [0.25, 0.3) is 0 Å². The Hall–Kier alpha value is -3.06. The Morgan fingerprint density at radius 2 is 1.92 bits per heavy atom. The fourth-order valence-corrected chi connectivity index (χ4v) is 2.37. The third-order valence-corrected chi connectivity index (χ3v) is 3.56. The highest BCUT2D eigenvalue weighted by molar-refractivity contribution is 6.32. The molecule has 0 aliphatic rings. The van der Waals surface area contributed by atoms with Gasteiger partial charge in [-0.05, 0) is 30.3 Å². The highest BCUT2D eigenvalue weighted by Crippen LogP contribution is 2.29. The van der Waals surface area contributed by atoms with Crippen molar-refractivity contribution in [2.75, 3.05) is 17.7 Å². The number of benzene rings is 2. The van der Waals surface area contributed by atoms with Gasteiger partial charge in [0.2, 0.25) is 5.95 Å². The van der Waals surface area contributed by atoms with E-state index in [9.17, 15) is 9.50 Å². The highest BCUT2D eigenvalue weighted by Gasteiger charge is 2.09. The number of aromatic hydroxyl groups is 1. The summed E-state index contributed by atoms with van der Waals surface area (Å²) in [7, 11) is 1.51. The van der Waals surface area contributed by atoms with Crippen LogP contribution in [-0.2, 0) is 0 Å². The lowest BCUT2D eigenvalue weighted by atomic mass is 10.3. The molecule has 0 aliphatic carbocycles. The number of hydrogen-bond donors (Lipinski definition) is 3. The molecule has 3 rings (SSSR count). The molecular weight excluding hydrogens is 347 g/mol. The molecule has 0 bridgehead atoms. The van der Waals surface area contributed by atoms with Crippen LogP contribution >= 0.6 is 11.6 Å². The highest BCUT2D eigenvalue weighted by atomic mass is 35.5. The minimum atomic E-state index is -0.617. The van der Waals surface area contributed by atoms with E-state index < -0.39 is 5.82 Å². The first-order valence-electron chi connectivity index (χ1n) is 7.24. The monoisotopic (exact) mass is 360 g/mol. The predicted octanol–water partition coefficient (Wildman–Crippen LogP) is 4.47. The molecule has 0 saturated carbocycles. The number of methoxy groups -OCH3 is 1. The van der Waals surface area contributed by atoms with Crippen molar-refractivity contribution in [3.63, 3.8) is 0 Å². The molecule has 25 heavy (non-hydrogen) atoms. The molecule has 0 spiro atoms. The summed E-state index contributed by atoms with van der Waals surface area (Å²) in [4.78, 5) is 7.99. The van der Waals surface area contributed by atoms with Crippen LogP contribution in [0.15, 0.2) is 48.7 Å². The molecule has 0 aliphatic heterocycles. The fraction of sp³-hybridized carbons (Fsp3) is 0.0588. The maximum Gasteiger partial charge on any atom is 0.229 e. The average Bonchev–Trinajstić information content (AvgIpc) is 2.58. The zero-order chi connectivity index (χ0) is 17.8. The zero-order valence-electron chi connectivity index (χ0n) is 13.1. The van der Waals surface area contributed by atoms with E-state index in [4.69, 9.17) is 16.3 Å². The summed E-state index contributed by atoms with van der Waals surface area (Å²) in [6, 6.07) is 11.4. The Bertz CT molecular complexity index is 908. The Balaban J connectivity index is 1.83. The van der Waals surface area contributed by atoms with E-state index in [1.54, 1.807) is 30.3 Å². The third kappa shape index (κ3) is 4.07. The van der Waals surface area contributed by atoms with Gasteiger partial charge in [-0.3, -0.25) is 0 Å². The van der Waals surface area contributed by atoms with Crippen LogP contribution in [-0.4, -0.2) is 22.2 Å². The summed E-state index contributed by atoms with van der Waals surface area (Å²) < 4.78 is 19.1. The average molecular weight is 361 g/mol. The minimum absolute atomic E-state index is 0.0149. The van der Waals surface area contributed by atoms with Gasteiger partial charge in [-0.25, -0.2) is 9.37 Å². The molecule has 3 aromatic rings. The Morgan fingerprint density at radius 1 is 1.12 bits per heavy atom. The van der Waals surface area contributed by atoms with Crippen LogP contribution in [0.3, 0.4) is 0 Å². The summed E-state index contributed by atoms with van der Waals surface area (Å²) in [5, 5.41) is 15.6. The fourth-order valence-electron chi connectivity index (χ4n) is 2.11. The quantitative estimate of drug-likeness (QED) is 0.623. The molecule has 3 N–H and O–H groups in total. The Morgan fingerprint density at radius 3 is 2.64 bits per heavy atom. The number of anilines is 4. The van der Waals surface area contributed by atoms with E-state index >= 15 is 0 Å². The van der Waals surface area contributed by atoms with Gasteiger partial charge in [0.15, 0.2) is 11.6 Å². The van der Waals surface area contributed by atoms with Crippen LogP contribution in [0.4, 0.5) is 27.5 Å². The molecule has 1 aromatic heterocycles. The van der Waals surface area contributed by atoms with Crippen LogP contribution in [0.1, 0.15) is 0 Å². The van der Waals surface area contributed by atoms with Gasteiger partial charge < -0.3 is 20.5 Å². The number of phenolic OH excluding ortho intramolecular Hbond substituents is 1. The first-order chi connectivity index (χ1) is 12.0. The lowest BCUT2D eigenvalue weighted by Gasteiger charge is -2.11. The van der Waals surface area contributed by atoms with E-state index in [-0.39, 0.29) is 17.5 Å². The van der Waals surface area contributed by atoms with Crippen molar-refractivity contribution in [1.82, 2.24) is 9.97 Å². The van der Waals surface area contributed by atoms with Gasteiger partial charge in [0.05, 0.1) is 18.3 Å². The number of hydrogen-bond acceptors (Lipinski definition) is 6. The maximum atomic E-state index is 14.0. The van der Waals surface area contributed by atoms with Gasteiger partial charge in [-0.15, -0.1) is 0 Å². The molecule has 2 aromatic carbocycles. The molecule has 0 fully saturated rings. The van der Waals surface area contributed by atoms with E-state index in [2.05, 4.69) is 20.6 Å². The van der Waals surface area contributed by atoms with E-state index in [0.717, 1.165) is 6.20 Å². The van der Waals surface area contributed by atoms with Crippen LogP contribution < -0.4 is 15.4 Å². The number of halogens is 2. The van der Waals surface area contributed by atoms with Crippen molar-refractivity contribution >= 4 is 34.7 Å². The van der Waals surface area contributed by atoms with Gasteiger partial charge >= 0.3 is 0 Å². The molecule has 0 saturated heterocycles. The van der Waals surface area contributed by atoms with Crippen molar-refractivity contribution in [1.29, 1.82) is 0 Å². The lowest BCUT2D eigenvalue weighted by Crippen LogP contribution is -2.03. The second-order valence-corrected chi connectivity index (χ2v) is 5.45. The molecule has 1 heterocycles. The second-order valence-electron chi connectivity index (χ2n) is 5.04. The van der Waals surface area contributed by atoms with Crippen molar-refractivity contribution in [3.8, 4) is 11.5 Å². The summed E-state index contributed by atoms with van der Waals surface area (Å²) in [5.74, 6) is 0.154. The molecule has 0 unspecified atom stereocenters. The first kappa shape index (κ1) is 16.8. The predicted molar refractivity (Wildman–Crippen MR) is 94.7 cm³/mol. The van der Waals surface area contributed by atoms with Gasteiger partial charge in [-0.2, -0.15) is 4.98 Å². The van der Waals surface area contributed by atoms with Crippen LogP contribution in [0.2, 0.25) is 5.02 Å². The van der Waals surface area contributed by atoms with Crippen LogP contribution in [0, 0.1) is 5.82 Å². The number of ether oxygens (including phenoxy) is 1. The second kappa shape index (κ2) is 7.23. The molecule has 0 amide bonds. The van der Waals surface area contributed by atoms with Crippen molar-refractivity contribution in [3.05, 3.63) is 59.5 Å². The summed E-state index contributed by atoms with van der Waals surface area (Å²) in [5.41, 5.74) is 1.12. The summed E-state index contributed by atoms with van der Waals surface area (Å²) >= 11 is 6.06. The summed E-state index contributed by atoms with van der Waals surface area (Å²) in [6.45, 7) is 0. The molecule has 8 heteroatoms. The van der Waals surface area contributed by atoms with Crippen molar-refractivity contribution in [2.45, 2.75) is 0 Å². The number of nitrogens with one attached hydrogen (secondary N) is 2. The smallest absolute Gasteiger partial charge is 0.229 e. The zero-order valence-corrected chi connectivity index (χ0v) is 13.9. The molecule has 128 valence electrons. The van der Waals surface area contributed by atoms with Gasteiger partial charge in [0, 0.05) is 17.4 Å². The van der Waals surface area contributed by atoms with Gasteiger partial charge in [0.1, 0.15) is 11.5 Å². The topological polar surface area (TPSA) is 79.3 Å². The Labute approximate surface area is 148 Å². The molecular formula is C17H14ClFN4O2. The third-order valence-electron chi connectivity index (χ3n) is 3.26. The van der Waals surface area contributed by atoms with Crippen molar-refractivity contribution in [2.24, 2.45) is 0 Å². The Kier molecular flexibility index (Phi) is 4.85. The molecule has 6 nitrogen and oxygen atoms in total. The summed E-state index contributed by atoms with van der Waals surface area (Å²) in [6.07, 6.45) is 1.05. The normalized spacial score (nSPS) is 10.4. The van der Waals surface area contributed by atoms with E-state index in [1.807, 2.05) is 0 Å².